The highest BCUT2D eigenvalue weighted by molar-refractivity contribution is 5.51. The number of rotatable bonds is 8. The van der Waals surface area contributed by atoms with Crippen LogP contribution in [0.5, 0.6) is 0 Å². The van der Waals surface area contributed by atoms with Crippen molar-refractivity contribution in [1.29, 1.82) is 0 Å². The lowest BCUT2D eigenvalue weighted by atomic mass is 10.1. The molecule has 1 N–H and O–H groups in total. The van der Waals surface area contributed by atoms with E-state index in [1.165, 1.54) is 6.33 Å². The van der Waals surface area contributed by atoms with Crippen LogP contribution in [0.4, 0.5) is 11.6 Å². The zero-order chi connectivity index (χ0) is 13.5. The molecule has 0 aliphatic heterocycles. The topological polar surface area (TPSA) is 82.2 Å². The number of aryl methyl sites for hydroxylation is 1. The number of imidazole rings is 1. The molecular formula is C11H20N4O3. The van der Waals surface area contributed by atoms with E-state index in [0.29, 0.717) is 31.5 Å². The molecule has 0 spiro atoms. The standard InChI is InChI=1S/C11H20N4O3/c1-9(2)4-6-18-7-5-12-10-11(15(16)17)13-8-14(10)3/h8-9,12H,4-7H2,1-3H3. The first-order valence-corrected chi connectivity index (χ1v) is 5.99. The summed E-state index contributed by atoms with van der Waals surface area (Å²) in [6.07, 6.45) is 2.44. The molecule has 1 rings (SSSR count). The van der Waals surface area contributed by atoms with Crippen LogP contribution < -0.4 is 5.32 Å². The van der Waals surface area contributed by atoms with Gasteiger partial charge in [-0.05, 0) is 22.2 Å². The Hall–Kier alpha value is -1.63. The fraction of sp³-hybridized carbons (Fsp3) is 0.727. The molecule has 0 radical (unpaired) electrons. The minimum Gasteiger partial charge on any atom is -0.380 e. The molecular weight excluding hydrogens is 236 g/mol. The maximum absolute atomic E-state index is 10.7. The Kier molecular flexibility index (Phi) is 5.57. The van der Waals surface area contributed by atoms with Crippen LogP contribution in [-0.2, 0) is 11.8 Å². The second kappa shape index (κ2) is 6.95. The zero-order valence-corrected chi connectivity index (χ0v) is 11.0. The Morgan fingerprint density at radius 3 is 2.89 bits per heavy atom. The molecule has 0 aliphatic carbocycles. The van der Waals surface area contributed by atoms with Crippen LogP contribution in [0.3, 0.4) is 0 Å². The average molecular weight is 256 g/mol. The van der Waals surface area contributed by atoms with Crippen molar-refractivity contribution >= 4 is 11.6 Å². The molecule has 1 heterocycles. The Balaban J connectivity index is 2.31. The summed E-state index contributed by atoms with van der Waals surface area (Å²) in [7, 11) is 1.71. The molecule has 0 saturated heterocycles. The summed E-state index contributed by atoms with van der Waals surface area (Å²) in [6, 6.07) is 0. The van der Waals surface area contributed by atoms with Crippen LogP contribution in [-0.4, -0.2) is 34.2 Å². The minimum atomic E-state index is -0.498. The number of nitrogens with one attached hydrogen (secondary N) is 1. The summed E-state index contributed by atoms with van der Waals surface area (Å²) in [5.74, 6) is 0.878. The average Bonchev–Trinajstić information content (AvgIpc) is 2.65. The van der Waals surface area contributed by atoms with E-state index in [2.05, 4.69) is 24.1 Å². The van der Waals surface area contributed by atoms with Crippen molar-refractivity contribution in [2.75, 3.05) is 25.1 Å². The summed E-state index contributed by atoms with van der Waals surface area (Å²) >= 11 is 0. The van der Waals surface area contributed by atoms with Gasteiger partial charge in [-0.15, -0.1) is 0 Å². The number of nitro groups is 1. The maximum atomic E-state index is 10.7. The molecule has 0 saturated carbocycles. The molecule has 1 aromatic rings. The van der Waals surface area contributed by atoms with Gasteiger partial charge in [0.05, 0.1) is 6.61 Å². The van der Waals surface area contributed by atoms with E-state index >= 15 is 0 Å². The summed E-state index contributed by atoms with van der Waals surface area (Å²) in [5, 5.41) is 13.7. The number of nitrogens with zero attached hydrogens (tertiary/aromatic N) is 3. The molecule has 7 nitrogen and oxygen atoms in total. The normalized spacial score (nSPS) is 10.9. The van der Waals surface area contributed by atoms with Crippen LogP contribution in [0.1, 0.15) is 20.3 Å². The number of ether oxygens (including phenoxy) is 1. The lowest BCUT2D eigenvalue weighted by Crippen LogP contribution is -2.13. The molecule has 7 heteroatoms. The van der Waals surface area contributed by atoms with Gasteiger partial charge in [0.15, 0.2) is 0 Å². The SMILES string of the molecule is CC(C)CCOCCNc1c([N+](=O)[O-])ncn1C. The van der Waals surface area contributed by atoms with Crippen molar-refractivity contribution in [3.05, 3.63) is 16.4 Å². The second-order valence-electron chi connectivity index (χ2n) is 4.51. The molecule has 0 fully saturated rings. The Bertz CT molecular complexity index is 390. The van der Waals surface area contributed by atoms with Crippen molar-refractivity contribution in [2.24, 2.45) is 13.0 Å². The van der Waals surface area contributed by atoms with Gasteiger partial charge >= 0.3 is 5.82 Å². The molecule has 0 bridgehead atoms. The number of anilines is 1. The third-order valence-corrected chi connectivity index (χ3v) is 2.47. The van der Waals surface area contributed by atoms with Crippen LogP contribution in [0.25, 0.3) is 0 Å². The van der Waals surface area contributed by atoms with Crippen molar-refractivity contribution in [1.82, 2.24) is 9.55 Å². The third-order valence-electron chi connectivity index (χ3n) is 2.47. The van der Waals surface area contributed by atoms with Gasteiger partial charge in [0.25, 0.3) is 0 Å². The highest BCUT2D eigenvalue weighted by atomic mass is 16.6. The lowest BCUT2D eigenvalue weighted by Gasteiger charge is -2.08. The zero-order valence-electron chi connectivity index (χ0n) is 11.0. The first-order valence-electron chi connectivity index (χ1n) is 5.99. The third kappa shape index (κ3) is 4.33. The molecule has 0 aliphatic rings. The minimum absolute atomic E-state index is 0.153. The highest BCUT2D eigenvalue weighted by Crippen LogP contribution is 2.20. The van der Waals surface area contributed by atoms with E-state index in [1.54, 1.807) is 11.6 Å². The lowest BCUT2D eigenvalue weighted by molar-refractivity contribution is -0.388. The van der Waals surface area contributed by atoms with Gasteiger partial charge < -0.3 is 20.2 Å². The van der Waals surface area contributed by atoms with Gasteiger partial charge in [0.2, 0.25) is 12.1 Å². The first kappa shape index (κ1) is 14.4. The summed E-state index contributed by atoms with van der Waals surface area (Å²) in [5.41, 5.74) is 0. The molecule has 1 aromatic heterocycles. The molecule has 0 atom stereocenters. The highest BCUT2D eigenvalue weighted by Gasteiger charge is 2.19. The monoisotopic (exact) mass is 256 g/mol. The van der Waals surface area contributed by atoms with Gasteiger partial charge in [-0.25, -0.2) is 0 Å². The fourth-order valence-corrected chi connectivity index (χ4v) is 1.42. The van der Waals surface area contributed by atoms with E-state index in [0.717, 1.165) is 6.42 Å². The summed E-state index contributed by atoms with van der Waals surface area (Å²) in [4.78, 5) is 13.9. The molecule has 0 amide bonds. The predicted molar refractivity (Wildman–Crippen MR) is 68.6 cm³/mol. The van der Waals surface area contributed by atoms with Crippen molar-refractivity contribution in [3.63, 3.8) is 0 Å². The van der Waals surface area contributed by atoms with Crippen LogP contribution in [0, 0.1) is 16.0 Å². The van der Waals surface area contributed by atoms with Gasteiger partial charge in [-0.3, -0.25) is 4.57 Å². The van der Waals surface area contributed by atoms with Gasteiger partial charge in [-0.2, -0.15) is 0 Å². The largest absolute Gasteiger partial charge is 0.406 e. The van der Waals surface area contributed by atoms with E-state index in [-0.39, 0.29) is 5.82 Å². The van der Waals surface area contributed by atoms with E-state index < -0.39 is 4.92 Å². The van der Waals surface area contributed by atoms with Crippen LogP contribution in [0.2, 0.25) is 0 Å². The second-order valence-corrected chi connectivity index (χ2v) is 4.51. The molecule has 102 valence electrons. The van der Waals surface area contributed by atoms with E-state index in [1.807, 2.05) is 0 Å². The van der Waals surface area contributed by atoms with E-state index in [9.17, 15) is 10.1 Å². The molecule has 18 heavy (non-hydrogen) atoms. The van der Waals surface area contributed by atoms with Crippen molar-refractivity contribution in [3.8, 4) is 0 Å². The Morgan fingerprint density at radius 1 is 1.56 bits per heavy atom. The van der Waals surface area contributed by atoms with Crippen LogP contribution >= 0.6 is 0 Å². The first-order chi connectivity index (χ1) is 8.52. The number of hydrogen-bond acceptors (Lipinski definition) is 5. The summed E-state index contributed by atoms with van der Waals surface area (Å²) < 4.78 is 7.01. The molecule has 0 aromatic carbocycles. The summed E-state index contributed by atoms with van der Waals surface area (Å²) in [6.45, 7) is 6.04. The number of aromatic nitrogens is 2. The fourth-order valence-electron chi connectivity index (χ4n) is 1.42. The van der Waals surface area contributed by atoms with Crippen molar-refractivity contribution < 1.29 is 9.66 Å². The van der Waals surface area contributed by atoms with Crippen molar-refractivity contribution in [2.45, 2.75) is 20.3 Å². The van der Waals surface area contributed by atoms with Gasteiger partial charge in [0, 0.05) is 20.2 Å². The van der Waals surface area contributed by atoms with Gasteiger partial charge in [-0.1, -0.05) is 13.8 Å². The Labute approximate surface area is 106 Å². The van der Waals surface area contributed by atoms with Gasteiger partial charge in [0.1, 0.15) is 0 Å². The molecule has 0 unspecified atom stereocenters. The van der Waals surface area contributed by atoms with E-state index in [4.69, 9.17) is 4.74 Å². The maximum Gasteiger partial charge on any atom is 0.406 e. The number of hydrogen-bond donors (Lipinski definition) is 1. The van der Waals surface area contributed by atoms with Crippen LogP contribution in [0.15, 0.2) is 6.33 Å². The predicted octanol–water partition coefficient (Wildman–Crippen LogP) is 1.80. The Morgan fingerprint density at radius 2 is 2.28 bits per heavy atom. The quantitative estimate of drug-likeness (QED) is 0.435. The smallest absolute Gasteiger partial charge is 0.380 e.